The molecule has 244 valence electrons. The van der Waals surface area contributed by atoms with Gasteiger partial charge in [0.15, 0.2) is 0 Å². The number of ketones is 1. The molecule has 0 radical (unpaired) electrons. The van der Waals surface area contributed by atoms with E-state index in [1.165, 1.54) is 0 Å². The number of aryl methyl sites for hydroxylation is 1. The highest BCUT2D eigenvalue weighted by atomic mass is 16.5. The molecule has 1 rings (SSSR count). The molecule has 0 heterocycles. The first-order valence-electron chi connectivity index (χ1n) is 15.1. The Morgan fingerprint density at radius 2 is 1.33 bits per heavy atom. The number of rotatable bonds is 27. The van der Waals surface area contributed by atoms with Crippen LogP contribution in [0, 0.1) is 18.8 Å². The Balaban J connectivity index is 2.00. The second-order valence-electron chi connectivity index (χ2n) is 10.5. The van der Waals surface area contributed by atoms with Crippen molar-refractivity contribution in [3.8, 4) is 0 Å². The van der Waals surface area contributed by atoms with Gasteiger partial charge in [0, 0.05) is 37.9 Å². The standard InChI is InChI=1S/C31H52N4O8/c1-24-7-9-26(10-8-24)20-27(31(32)39)21-28(36)25(2)6-4-5-11-34-29(37)22-42-19-17-41-15-13-35-30(38)23-43-18-16-40-14-12-33-3/h7-10,25,27,33H,4-6,11-23H2,1-3H3,(H2,32,39)(H,34,37)(H,35,38)/t25-,27+/m0/s1. The monoisotopic (exact) mass is 608 g/mol. The van der Waals surface area contributed by atoms with E-state index < -0.39 is 11.8 Å². The molecule has 0 spiro atoms. The summed E-state index contributed by atoms with van der Waals surface area (Å²) in [6, 6.07) is 7.88. The normalized spacial score (nSPS) is 12.4. The molecule has 0 aliphatic rings. The van der Waals surface area contributed by atoms with Gasteiger partial charge in [-0.05, 0) is 38.8 Å². The zero-order chi connectivity index (χ0) is 31.7. The largest absolute Gasteiger partial charge is 0.378 e. The number of carbonyl (C=O) groups is 4. The maximum atomic E-state index is 12.7. The zero-order valence-corrected chi connectivity index (χ0v) is 26.1. The summed E-state index contributed by atoms with van der Waals surface area (Å²) in [5, 5.41) is 8.46. The number of primary amides is 1. The summed E-state index contributed by atoms with van der Waals surface area (Å²) in [6.45, 7) is 7.65. The molecule has 12 nitrogen and oxygen atoms in total. The van der Waals surface area contributed by atoms with Gasteiger partial charge in [0.1, 0.15) is 19.0 Å². The average molecular weight is 609 g/mol. The Morgan fingerprint density at radius 1 is 0.767 bits per heavy atom. The summed E-state index contributed by atoms with van der Waals surface area (Å²) in [5.74, 6) is -1.57. The number of carbonyl (C=O) groups excluding carboxylic acids is 4. The highest BCUT2D eigenvalue weighted by Gasteiger charge is 2.23. The Morgan fingerprint density at radius 3 is 1.91 bits per heavy atom. The number of nitrogens with two attached hydrogens (primary N) is 1. The van der Waals surface area contributed by atoms with Crippen LogP contribution in [0.4, 0.5) is 0 Å². The number of likely N-dealkylation sites (N-methyl/N-ethyl adjacent to an activating group) is 1. The molecule has 0 bridgehead atoms. The number of ether oxygens (including phenoxy) is 4. The van der Waals surface area contributed by atoms with Crippen LogP contribution in [-0.4, -0.2) is 103 Å². The van der Waals surface area contributed by atoms with Crippen molar-refractivity contribution in [2.24, 2.45) is 17.6 Å². The molecule has 12 heteroatoms. The average Bonchev–Trinajstić information content (AvgIpc) is 2.98. The lowest BCUT2D eigenvalue weighted by Gasteiger charge is -2.16. The van der Waals surface area contributed by atoms with Gasteiger partial charge in [0.05, 0.1) is 39.6 Å². The van der Waals surface area contributed by atoms with Crippen LogP contribution >= 0.6 is 0 Å². The van der Waals surface area contributed by atoms with Crippen molar-refractivity contribution in [1.82, 2.24) is 16.0 Å². The maximum absolute atomic E-state index is 12.7. The minimum absolute atomic E-state index is 0.0306. The summed E-state index contributed by atoms with van der Waals surface area (Å²) in [7, 11) is 1.85. The zero-order valence-electron chi connectivity index (χ0n) is 26.1. The summed E-state index contributed by atoms with van der Waals surface area (Å²) in [4.78, 5) is 48.2. The van der Waals surface area contributed by atoms with E-state index in [-0.39, 0.29) is 49.8 Å². The third-order valence-electron chi connectivity index (χ3n) is 6.66. The van der Waals surface area contributed by atoms with Crippen molar-refractivity contribution in [1.29, 1.82) is 0 Å². The molecule has 0 saturated carbocycles. The fourth-order valence-corrected chi connectivity index (χ4v) is 4.00. The predicted molar refractivity (Wildman–Crippen MR) is 163 cm³/mol. The number of benzene rings is 1. The van der Waals surface area contributed by atoms with E-state index in [4.69, 9.17) is 24.7 Å². The van der Waals surface area contributed by atoms with E-state index in [0.29, 0.717) is 59.0 Å². The van der Waals surface area contributed by atoms with Gasteiger partial charge in [0.2, 0.25) is 17.7 Å². The van der Waals surface area contributed by atoms with E-state index in [1.807, 2.05) is 45.2 Å². The smallest absolute Gasteiger partial charge is 0.246 e. The number of amides is 3. The summed E-state index contributed by atoms with van der Waals surface area (Å²) < 4.78 is 21.2. The molecular formula is C31H52N4O8. The quantitative estimate of drug-likeness (QED) is 0.106. The van der Waals surface area contributed by atoms with Gasteiger partial charge < -0.3 is 40.6 Å². The first-order valence-corrected chi connectivity index (χ1v) is 15.1. The predicted octanol–water partition coefficient (Wildman–Crippen LogP) is 0.923. The van der Waals surface area contributed by atoms with E-state index in [0.717, 1.165) is 30.5 Å². The van der Waals surface area contributed by atoms with Crippen LogP contribution in [0.1, 0.15) is 43.7 Å². The maximum Gasteiger partial charge on any atom is 0.246 e. The summed E-state index contributed by atoms with van der Waals surface area (Å²) in [6.07, 6.45) is 2.78. The molecule has 43 heavy (non-hydrogen) atoms. The molecule has 0 aliphatic carbocycles. The lowest BCUT2D eigenvalue weighted by atomic mass is 9.88. The first kappa shape index (κ1) is 38.1. The fourth-order valence-electron chi connectivity index (χ4n) is 4.00. The van der Waals surface area contributed by atoms with Gasteiger partial charge in [-0.2, -0.15) is 0 Å². The molecule has 0 saturated heterocycles. The minimum atomic E-state index is -0.516. The Kier molecular flexibility index (Phi) is 21.8. The van der Waals surface area contributed by atoms with Gasteiger partial charge in [-0.25, -0.2) is 0 Å². The van der Waals surface area contributed by atoms with E-state index in [1.54, 1.807) is 0 Å². The van der Waals surface area contributed by atoms with Crippen molar-refractivity contribution < 1.29 is 38.1 Å². The molecule has 2 atom stereocenters. The summed E-state index contributed by atoms with van der Waals surface area (Å²) >= 11 is 0. The summed E-state index contributed by atoms with van der Waals surface area (Å²) in [5.41, 5.74) is 7.69. The molecule has 0 fully saturated rings. The van der Waals surface area contributed by atoms with Gasteiger partial charge in [-0.1, -0.05) is 43.2 Å². The molecule has 1 aromatic carbocycles. The molecule has 0 aliphatic heterocycles. The van der Waals surface area contributed by atoms with E-state index in [2.05, 4.69) is 16.0 Å². The highest BCUT2D eigenvalue weighted by molar-refractivity contribution is 5.87. The van der Waals surface area contributed by atoms with Crippen LogP contribution in [0.25, 0.3) is 0 Å². The van der Waals surface area contributed by atoms with Crippen LogP contribution in [0.5, 0.6) is 0 Å². The van der Waals surface area contributed by atoms with Crippen molar-refractivity contribution in [2.45, 2.75) is 46.0 Å². The molecule has 0 unspecified atom stereocenters. The Labute approximate surface area is 256 Å². The number of hydrogen-bond donors (Lipinski definition) is 4. The van der Waals surface area contributed by atoms with Gasteiger partial charge >= 0.3 is 0 Å². The Bertz CT molecular complexity index is 929. The lowest BCUT2D eigenvalue weighted by Crippen LogP contribution is -2.31. The van der Waals surface area contributed by atoms with Crippen LogP contribution < -0.4 is 21.7 Å². The van der Waals surface area contributed by atoms with Crippen molar-refractivity contribution in [2.75, 3.05) is 79.5 Å². The molecule has 5 N–H and O–H groups in total. The van der Waals surface area contributed by atoms with Crippen molar-refractivity contribution in [3.63, 3.8) is 0 Å². The topological polar surface area (TPSA) is 167 Å². The Hall–Kier alpha value is -2.90. The minimum Gasteiger partial charge on any atom is -0.378 e. The van der Waals surface area contributed by atoms with Crippen LogP contribution in [0.15, 0.2) is 24.3 Å². The van der Waals surface area contributed by atoms with Crippen LogP contribution in [0.3, 0.4) is 0 Å². The number of nitrogens with one attached hydrogen (secondary N) is 3. The molecular weight excluding hydrogens is 556 g/mol. The highest BCUT2D eigenvalue weighted by Crippen LogP contribution is 2.18. The lowest BCUT2D eigenvalue weighted by molar-refractivity contribution is -0.129. The van der Waals surface area contributed by atoms with Crippen molar-refractivity contribution >= 4 is 23.5 Å². The number of hydrogen-bond acceptors (Lipinski definition) is 9. The second-order valence-corrected chi connectivity index (χ2v) is 10.5. The van der Waals surface area contributed by atoms with Gasteiger partial charge in [-0.3, -0.25) is 19.2 Å². The number of Topliss-reactive ketones (excluding diaryl/α,β-unsaturated/α-hetero) is 1. The van der Waals surface area contributed by atoms with E-state index in [9.17, 15) is 19.2 Å². The molecule has 0 aromatic heterocycles. The second kappa shape index (κ2) is 24.5. The fraction of sp³-hybridized carbons (Fsp3) is 0.677. The van der Waals surface area contributed by atoms with E-state index >= 15 is 0 Å². The third kappa shape index (κ3) is 20.6. The number of unbranched alkanes of at least 4 members (excludes halogenated alkanes) is 1. The first-order chi connectivity index (χ1) is 20.7. The van der Waals surface area contributed by atoms with Crippen LogP contribution in [-0.2, 0) is 44.5 Å². The van der Waals surface area contributed by atoms with Gasteiger partial charge in [-0.15, -0.1) is 0 Å². The van der Waals surface area contributed by atoms with Gasteiger partial charge in [0.25, 0.3) is 0 Å². The van der Waals surface area contributed by atoms with Crippen LogP contribution in [0.2, 0.25) is 0 Å². The van der Waals surface area contributed by atoms with Crippen molar-refractivity contribution in [3.05, 3.63) is 35.4 Å². The SMILES string of the molecule is CNCCOCCOCC(=O)NCCOCCOCC(=O)NCCCC[C@H](C)C(=O)C[C@@H](Cc1ccc(C)cc1)C(N)=O. The molecule has 1 aromatic rings. The molecule has 3 amide bonds. The third-order valence-corrected chi connectivity index (χ3v) is 6.66.